The average molecular weight is 1070 g/mol. The number of alkyl halides is 4. The third kappa shape index (κ3) is 7.89. The predicted molar refractivity (Wildman–Crippen MR) is 179 cm³/mol. The molecule has 0 aliphatic carbocycles. The molecule has 0 unspecified atom stereocenters. The van der Waals surface area contributed by atoms with Crippen molar-refractivity contribution in [2.24, 2.45) is 0 Å². The topological polar surface area (TPSA) is 87.8 Å². The maximum Gasteiger partial charge on any atom is 2.00 e. The molecule has 0 radical (unpaired) electrons. The molecule has 0 atom stereocenters. The zero-order chi connectivity index (χ0) is 34.9. The number of hydrogen-bond donors (Lipinski definition) is 0. The van der Waals surface area contributed by atoms with Crippen LogP contribution in [0, 0.1) is 24.3 Å². The molecule has 266 valence electrons. The Morgan fingerprint density at radius 3 is 1.42 bits per heavy atom. The van der Waals surface area contributed by atoms with Gasteiger partial charge in [-0.05, 0) is 23.5 Å². The molecule has 8 aromatic rings. The largest absolute Gasteiger partial charge is 2.00 e. The van der Waals surface area contributed by atoms with Crippen LogP contribution >= 0.6 is 0 Å². The first-order valence-corrected chi connectivity index (χ1v) is 15.3. The van der Waals surface area contributed by atoms with Crippen molar-refractivity contribution in [3.05, 3.63) is 145 Å². The number of ether oxygens (including phenoxy) is 2. The number of pyridine rings is 2. The summed E-state index contributed by atoms with van der Waals surface area (Å²) in [6.45, 7) is 0. The molecule has 4 aromatic heterocycles. The van der Waals surface area contributed by atoms with E-state index in [9.17, 15) is 17.6 Å². The van der Waals surface area contributed by atoms with Crippen LogP contribution < -0.4 is 9.47 Å². The minimum Gasteiger partial charge on any atom is -0.503 e. The molecule has 0 saturated carbocycles. The number of hydrogen-bond acceptors (Lipinski definition) is 7. The summed E-state index contributed by atoms with van der Waals surface area (Å²) in [6.07, 6.45) is 0.263. The van der Waals surface area contributed by atoms with E-state index in [2.05, 4.69) is 49.2 Å². The summed E-state index contributed by atoms with van der Waals surface area (Å²) in [6, 6.07) is 34.8. The van der Waals surface area contributed by atoms with E-state index in [1.165, 1.54) is 36.9 Å². The minimum absolute atomic E-state index is 0. The predicted octanol–water partition coefficient (Wildman–Crippen LogP) is 9.75. The Labute approximate surface area is 328 Å². The second-order valence-electron chi connectivity index (χ2n) is 11.1. The normalized spacial score (nSPS) is 11.1. The molecule has 8 nitrogen and oxygen atoms in total. The molecule has 0 amide bonds. The number of aromatic nitrogens is 6. The number of rotatable bonds is 9. The first-order chi connectivity index (χ1) is 24.9. The number of fused-ring (bicyclic) bond motifs is 3. The van der Waals surface area contributed by atoms with Gasteiger partial charge in [0.05, 0.1) is 0 Å². The molecule has 0 fully saturated rings. The minimum atomic E-state index is -2.76. The first-order valence-electron chi connectivity index (χ1n) is 15.3. The van der Waals surface area contributed by atoms with Gasteiger partial charge in [-0.1, -0.05) is 70.7 Å². The van der Waals surface area contributed by atoms with Gasteiger partial charge in [0.1, 0.15) is 12.7 Å². The summed E-state index contributed by atoms with van der Waals surface area (Å²) >= 11 is 0. The van der Waals surface area contributed by atoms with Crippen LogP contribution in [0.25, 0.3) is 50.3 Å². The van der Waals surface area contributed by atoms with Crippen molar-refractivity contribution in [1.82, 2.24) is 29.5 Å². The van der Waals surface area contributed by atoms with E-state index in [0.29, 0.717) is 44.3 Å². The molecule has 0 N–H and O–H groups in total. The van der Waals surface area contributed by atoms with Crippen LogP contribution in [0.2, 0.25) is 0 Å². The fourth-order valence-electron chi connectivity index (χ4n) is 5.54. The van der Waals surface area contributed by atoms with Crippen molar-refractivity contribution < 1.29 is 69.2 Å². The van der Waals surface area contributed by atoms with Crippen LogP contribution in [0.5, 0.6) is 23.0 Å². The van der Waals surface area contributed by atoms with Crippen molar-refractivity contribution in [3.8, 4) is 51.5 Å². The SMILES string of the molecule is FC(F)c1cc(Oc2[c-]c3c(cc2)c2ccc(Oc4[c-]c(-c5ccccn5)cc(C(F)F)c4)[c-]c2n3-c2ncncn2)[c-]c(-c2ccccn2)c1.[Pt+2].[Pt+2]. The monoisotopic (exact) mass is 1070 g/mol. The van der Waals surface area contributed by atoms with E-state index >= 15 is 0 Å². The Bertz CT molecular complexity index is 2360. The van der Waals surface area contributed by atoms with Gasteiger partial charge >= 0.3 is 42.1 Å². The summed E-state index contributed by atoms with van der Waals surface area (Å²) in [5, 5.41) is 1.42. The smallest absolute Gasteiger partial charge is 0.503 e. The molecule has 0 saturated heterocycles. The molecule has 4 heterocycles. The molecular formula is C39H20F4N6O2Pt2. The molecular weight excluding hydrogens is 1050 g/mol. The molecule has 4 aromatic carbocycles. The van der Waals surface area contributed by atoms with E-state index in [-0.39, 0.29) is 82.2 Å². The van der Waals surface area contributed by atoms with Crippen molar-refractivity contribution >= 4 is 21.8 Å². The van der Waals surface area contributed by atoms with Crippen LogP contribution in [-0.2, 0) is 42.1 Å². The van der Waals surface area contributed by atoms with Gasteiger partial charge in [0.2, 0.25) is 18.8 Å². The van der Waals surface area contributed by atoms with Crippen molar-refractivity contribution in [1.29, 1.82) is 0 Å². The average Bonchev–Trinajstić information content (AvgIpc) is 3.48. The van der Waals surface area contributed by atoms with Crippen LogP contribution in [0.15, 0.2) is 110 Å². The van der Waals surface area contributed by atoms with E-state index in [1.807, 2.05) is 0 Å². The standard InChI is InChI=1S/C39H20F4N6O2.2Pt/c40-37(41)25-13-23(33-5-1-3-11-45-33)15-29(17-25)50-27-7-9-31-32-10-8-28(20-36(32)49(35(31)19-27)39-47-21-44-22-48-39)51-30-16-24(14-26(18-30)38(42)43)34-6-2-4-12-46-34;;/h1-14,17-18,21-22,37-38H;;/q-4;2*+2. The second-order valence-corrected chi connectivity index (χ2v) is 11.1. The van der Waals surface area contributed by atoms with Gasteiger partial charge in [0.25, 0.3) is 0 Å². The molecule has 0 bridgehead atoms. The van der Waals surface area contributed by atoms with Gasteiger partial charge in [-0.3, -0.25) is 0 Å². The summed E-state index contributed by atoms with van der Waals surface area (Å²) in [5.41, 5.74) is 2.04. The maximum absolute atomic E-state index is 13.9. The maximum atomic E-state index is 13.9. The zero-order valence-electron chi connectivity index (χ0n) is 26.7. The Kier molecular flexibility index (Phi) is 11.4. The van der Waals surface area contributed by atoms with Crippen LogP contribution in [0.3, 0.4) is 0 Å². The summed E-state index contributed by atoms with van der Waals surface area (Å²) < 4.78 is 69.4. The molecule has 0 aliphatic heterocycles. The molecule has 0 spiro atoms. The third-order valence-electron chi connectivity index (χ3n) is 7.77. The van der Waals surface area contributed by atoms with Gasteiger partial charge in [-0.15, -0.1) is 47.5 Å². The number of halogens is 4. The number of nitrogens with zero attached hydrogens (tertiary/aromatic N) is 6. The first kappa shape index (κ1) is 37.4. The van der Waals surface area contributed by atoms with E-state index in [0.717, 1.165) is 0 Å². The van der Waals surface area contributed by atoms with Gasteiger partial charge in [0, 0.05) is 35.4 Å². The molecule has 8 rings (SSSR count). The Balaban J connectivity index is 0.00000240. The Hall–Kier alpha value is -5.31. The third-order valence-corrected chi connectivity index (χ3v) is 7.77. The van der Waals surface area contributed by atoms with Gasteiger partial charge in [0.15, 0.2) is 0 Å². The van der Waals surface area contributed by atoms with E-state index in [4.69, 9.17) is 9.47 Å². The van der Waals surface area contributed by atoms with Gasteiger partial charge in [-0.25, -0.2) is 32.5 Å². The van der Waals surface area contributed by atoms with E-state index in [1.54, 1.807) is 77.6 Å². The second kappa shape index (κ2) is 16.1. The van der Waals surface area contributed by atoms with Gasteiger partial charge < -0.3 is 24.0 Å². The van der Waals surface area contributed by atoms with Crippen LogP contribution in [-0.4, -0.2) is 29.5 Å². The molecule has 14 heteroatoms. The van der Waals surface area contributed by atoms with Crippen LogP contribution in [0.1, 0.15) is 24.0 Å². The van der Waals surface area contributed by atoms with Gasteiger partial charge in [-0.2, -0.15) is 22.9 Å². The van der Waals surface area contributed by atoms with Crippen molar-refractivity contribution in [2.45, 2.75) is 12.9 Å². The van der Waals surface area contributed by atoms with Crippen molar-refractivity contribution in [2.75, 3.05) is 0 Å². The summed E-state index contributed by atoms with van der Waals surface area (Å²) in [5.74, 6) is 0.710. The van der Waals surface area contributed by atoms with Crippen molar-refractivity contribution in [3.63, 3.8) is 0 Å². The van der Waals surface area contributed by atoms with Crippen LogP contribution in [0.4, 0.5) is 17.6 Å². The summed E-state index contributed by atoms with van der Waals surface area (Å²) in [4.78, 5) is 21.1. The fourth-order valence-corrected chi connectivity index (χ4v) is 5.54. The van der Waals surface area contributed by atoms with E-state index < -0.39 is 12.9 Å². The zero-order valence-corrected chi connectivity index (χ0v) is 31.2. The Morgan fingerprint density at radius 1 is 0.528 bits per heavy atom. The summed E-state index contributed by atoms with van der Waals surface area (Å²) in [7, 11) is 0. The number of benzene rings is 4. The Morgan fingerprint density at radius 2 is 1.00 bits per heavy atom. The fraction of sp³-hybridized carbons (Fsp3) is 0.0513. The molecule has 0 aliphatic rings. The quantitative estimate of drug-likeness (QED) is 0.105. The molecule has 53 heavy (non-hydrogen) atoms.